The van der Waals surface area contributed by atoms with Crippen LogP contribution in [0.15, 0.2) is 35.5 Å². The predicted octanol–water partition coefficient (Wildman–Crippen LogP) is 3.48. The Labute approximate surface area is 112 Å². The van der Waals surface area contributed by atoms with Crippen LogP contribution in [0, 0.1) is 6.92 Å². The molecule has 18 heavy (non-hydrogen) atoms. The molecule has 0 fully saturated rings. The summed E-state index contributed by atoms with van der Waals surface area (Å²) < 4.78 is 2.25. The van der Waals surface area contributed by atoms with Gasteiger partial charge in [0.1, 0.15) is 0 Å². The highest BCUT2D eigenvalue weighted by Crippen LogP contribution is 2.24. The summed E-state index contributed by atoms with van der Waals surface area (Å²) in [5, 5.41) is 0. The first-order chi connectivity index (χ1) is 8.70. The highest BCUT2D eigenvalue weighted by Gasteiger charge is 2.07. The molecule has 2 N–H and O–H groups in total. The van der Waals surface area contributed by atoms with Gasteiger partial charge in [0.15, 0.2) is 0 Å². The monoisotopic (exact) mass is 261 g/mol. The zero-order valence-corrected chi connectivity index (χ0v) is 11.7. The van der Waals surface area contributed by atoms with Crippen molar-refractivity contribution in [3.63, 3.8) is 0 Å². The maximum atomic E-state index is 5.68. The molecule has 96 valence electrons. The fraction of sp³-hybridized carbons (Fsp3) is 0.357. The van der Waals surface area contributed by atoms with Crippen LogP contribution in [-0.2, 0) is 12.3 Å². The second kappa shape index (κ2) is 5.96. The van der Waals surface area contributed by atoms with Crippen molar-refractivity contribution >= 4 is 17.4 Å². The largest absolute Gasteiger partial charge is 0.399 e. The zero-order valence-electron chi connectivity index (χ0n) is 10.9. The Morgan fingerprint density at radius 1 is 1.28 bits per heavy atom. The van der Waals surface area contributed by atoms with Crippen molar-refractivity contribution < 1.29 is 0 Å². The average molecular weight is 261 g/mol. The number of thioether (sulfide) groups is 1. The van der Waals surface area contributed by atoms with E-state index in [0.717, 1.165) is 30.1 Å². The number of benzene rings is 1. The highest BCUT2D eigenvalue weighted by atomic mass is 32.2. The lowest BCUT2D eigenvalue weighted by Crippen LogP contribution is -2.00. The van der Waals surface area contributed by atoms with Gasteiger partial charge in [0.2, 0.25) is 0 Å². The van der Waals surface area contributed by atoms with Crippen LogP contribution in [0.4, 0.5) is 5.69 Å². The van der Waals surface area contributed by atoms with E-state index in [1.54, 1.807) is 0 Å². The summed E-state index contributed by atoms with van der Waals surface area (Å²) in [7, 11) is 0. The van der Waals surface area contributed by atoms with Gasteiger partial charge in [-0.3, -0.25) is 0 Å². The number of rotatable bonds is 5. The summed E-state index contributed by atoms with van der Waals surface area (Å²) in [6.45, 7) is 5.30. The third-order valence-corrected chi connectivity index (χ3v) is 3.90. The molecule has 0 unspecified atom stereocenters. The summed E-state index contributed by atoms with van der Waals surface area (Å²) in [4.78, 5) is 5.63. The summed E-state index contributed by atoms with van der Waals surface area (Å²) in [6, 6.07) is 8.02. The average Bonchev–Trinajstić information content (AvgIpc) is 2.71. The quantitative estimate of drug-likeness (QED) is 0.662. The van der Waals surface area contributed by atoms with Gasteiger partial charge in [0.25, 0.3) is 0 Å². The molecule has 0 atom stereocenters. The zero-order chi connectivity index (χ0) is 13.0. The van der Waals surface area contributed by atoms with Crippen LogP contribution in [0.25, 0.3) is 0 Å². The molecule has 1 aromatic carbocycles. The van der Waals surface area contributed by atoms with E-state index in [1.165, 1.54) is 10.6 Å². The van der Waals surface area contributed by atoms with E-state index in [9.17, 15) is 0 Å². The smallest absolute Gasteiger partial charge is 0.0951 e. The summed E-state index contributed by atoms with van der Waals surface area (Å²) >= 11 is 1.82. The summed E-state index contributed by atoms with van der Waals surface area (Å²) in [5.41, 5.74) is 8.94. The summed E-state index contributed by atoms with van der Waals surface area (Å²) in [5.74, 6) is 0.954. The molecule has 0 saturated heterocycles. The minimum atomic E-state index is 0.812. The molecule has 2 rings (SSSR count). The molecule has 1 aromatic heterocycles. The van der Waals surface area contributed by atoms with Gasteiger partial charge in [-0.1, -0.05) is 6.92 Å². The van der Waals surface area contributed by atoms with Crippen molar-refractivity contribution in [1.82, 2.24) is 9.55 Å². The number of hydrogen-bond donors (Lipinski definition) is 1. The molecule has 2 aromatic rings. The van der Waals surface area contributed by atoms with Crippen molar-refractivity contribution in [2.75, 3.05) is 5.73 Å². The van der Waals surface area contributed by atoms with Crippen molar-refractivity contribution in [3.05, 3.63) is 42.0 Å². The maximum absolute atomic E-state index is 5.68. The van der Waals surface area contributed by atoms with Crippen molar-refractivity contribution in [2.45, 2.75) is 37.5 Å². The number of nitrogens with zero attached hydrogens (tertiary/aromatic N) is 2. The molecule has 0 amide bonds. The second-order valence-electron chi connectivity index (χ2n) is 4.33. The van der Waals surface area contributed by atoms with Crippen molar-refractivity contribution in [3.8, 4) is 0 Å². The second-order valence-corrected chi connectivity index (χ2v) is 5.38. The Balaban J connectivity index is 2.05. The molecule has 0 spiro atoms. The number of imidazole rings is 1. The number of nitrogen functional groups attached to an aromatic ring is 1. The molecule has 0 aliphatic carbocycles. The third kappa shape index (κ3) is 3.07. The Morgan fingerprint density at radius 2 is 2.00 bits per heavy atom. The van der Waals surface area contributed by atoms with Gasteiger partial charge < -0.3 is 10.3 Å². The maximum Gasteiger partial charge on any atom is 0.0951 e. The number of nitrogens with two attached hydrogens (primary N) is 1. The van der Waals surface area contributed by atoms with Gasteiger partial charge in [0.05, 0.1) is 17.7 Å². The molecule has 1 heterocycles. The Hall–Kier alpha value is -1.42. The molecule has 0 bridgehead atoms. The molecule has 0 radical (unpaired) electrons. The lowest BCUT2D eigenvalue weighted by Gasteiger charge is -2.08. The molecule has 4 heteroatoms. The third-order valence-electron chi connectivity index (χ3n) is 2.88. The number of aromatic nitrogens is 2. The Bertz CT molecular complexity index is 502. The minimum Gasteiger partial charge on any atom is -0.399 e. The normalized spacial score (nSPS) is 10.8. The fourth-order valence-corrected chi connectivity index (χ4v) is 2.85. The van der Waals surface area contributed by atoms with E-state index >= 15 is 0 Å². The number of anilines is 1. The van der Waals surface area contributed by atoms with E-state index < -0.39 is 0 Å². The van der Waals surface area contributed by atoms with E-state index in [0.29, 0.717) is 0 Å². The van der Waals surface area contributed by atoms with Crippen LogP contribution < -0.4 is 5.73 Å². The topological polar surface area (TPSA) is 43.8 Å². The van der Waals surface area contributed by atoms with Crippen molar-refractivity contribution in [1.29, 1.82) is 0 Å². The van der Waals surface area contributed by atoms with E-state index in [2.05, 4.69) is 35.5 Å². The van der Waals surface area contributed by atoms with Crippen LogP contribution >= 0.6 is 11.8 Å². The molecular weight excluding hydrogens is 242 g/mol. The van der Waals surface area contributed by atoms with Crippen molar-refractivity contribution in [2.24, 2.45) is 0 Å². The molecular formula is C14H19N3S. The van der Waals surface area contributed by atoms with Gasteiger partial charge in [-0.15, -0.1) is 11.8 Å². The van der Waals surface area contributed by atoms with Crippen LogP contribution in [0.5, 0.6) is 0 Å². The standard InChI is InChI=1S/C14H19N3S/c1-3-8-17-10-16-11(2)14(17)9-18-13-6-4-12(15)5-7-13/h4-7,10H,3,8-9,15H2,1-2H3. The van der Waals surface area contributed by atoms with Crippen LogP contribution in [0.1, 0.15) is 24.7 Å². The van der Waals surface area contributed by atoms with Gasteiger partial charge in [-0.2, -0.15) is 0 Å². The number of aryl methyl sites for hydroxylation is 2. The Morgan fingerprint density at radius 3 is 2.67 bits per heavy atom. The Kier molecular flexibility index (Phi) is 4.31. The minimum absolute atomic E-state index is 0.812. The van der Waals surface area contributed by atoms with Crippen LogP contribution in [0.2, 0.25) is 0 Å². The molecule has 0 aliphatic rings. The van der Waals surface area contributed by atoms with E-state index in [1.807, 2.05) is 30.2 Å². The lowest BCUT2D eigenvalue weighted by atomic mass is 10.3. The van der Waals surface area contributed by atoms with E-state index in [-0.39, 0.29) is 0 Å². The summed E-state index contributed by atoms with van der Waals surface area (Å²) in [6.07, 6.45) is 3.08. The fourth-order valence-electron chi connectivity index (χ4n) is 1.85. The van der Waals surface area contributed by atoms with Crippen LogP contribution in [0.3, 0.4) is 0 Å². The van der Waals surface area contributed by atoms with Gasteiger partial charge in [-0.05, 0) is 37.6 Å². The van der Waals surface area contributed by atoms with Crippen LogP contribution in [-0.4, -0.2) is 9.55 Å². The highest BCUT2D eigenvalue weighted by molar-refractivity contribution is 7.98. The van der Waals surface area contributed by atoms with Gasteiger partial charge in [0, 0.05) is 22.9 Å². The van der Waals surface area contributed by atoms with Gasteiger partial charge >= 0.3 is 0 Å². The van der Waals surface area contributed by atoms with E-state index in [4.69, 9.17) is 5.73 Å². The van der Waals surface area contributed by atoms with Gasteiger partial charge in [-0.25, -0.2) is 4.98 Å². The first kappa shape index (κ1) is 13.0. The first-order valence-electron chi connectivity index (χ1n) is 6.19. The first-order valence-corrected chi connectivity index (χ1v) is 7.18. The SMILES string of the molecule is CCCn1cnc(C)c1CSc1ccc(N)cc1. The molecule has 3 nitrogen and oxygen atoms in total. The molecule has 0 saturated carbocycles. The number of hydrogen-bond acceptors (Lipinski definition) is 3. The molecule has 0 aliphatic heterocycles. The lowest BCUT2D eigenvalue weighted by molar-refractivity contribution is 0.658. The predicted molar refractivity (Wildman–Crippen MR) is 77.7 cm³/mol.